The lowest BCUT2D eigenvalue weighted by Crippen LogP contribution is -2.06. The SMILES string of the molecule is CCCc1c(C(=O)O)cnn1CC. The van der Waals surface area contributed by atoms with Gasteiger partial charge in [-0.1, -0.05) is 13.3 Å². The Bertz CT molecular complexity index is 305. The first-order valence-electron chi connectivity index (χ1n) is 4.48. The van der Waals surface area contributed by atoms with Gasteiger partial charge in [0.05, 0.1) is 11.9 Å². The van der Waals surface area contributed by atoms with Crippen LogP contribution in [0.5, 0.6) is 0 Å². The molecule has 1 aromatic rings. The molecule has 1 aromatic heterocycles. The van der Waals surface area contributed by atoms with E-state index in [9.17, 15) is 4.79 Å². The van der Waals surface area contributed by atoms with E-state index >= 15 is 0 Å². The van der Waals surface area contributed by atoms with Crippen LogP contribution in [0.3, 0.4) is 0 Å². The largest absolute Gasteiger partial charge is 0.478 e. The lowest BCUT2D eigenvalue weighted by molar-refractivity contribution is 0.0695. The van der Waals surface area contributed by atoms with E-state index in [1.165, 1.54) is 6.20 Å². The quantitative estimate of drug-likeness (QED) is 0.768. The molecule has 0 saturated carbocycles. The minimum atomic E-state index is -0.886. The first-order valence-corrected chi connectivity index (χ1v) is 4.48. The normalized spacial score (nSPS) is 10.3. The molecule has 0 atom stereocenters. The van der Waals surface area contributed by atoms with Crippen LogP contribution >= 0.6 is 0 Å². The van der Waals surface area contributed by atoms with Gasteiger partial charge in [0.15, 0.2) is 0 Å². The lowest BCUT2D eigenvalue weighted by atomic mass is 10.1. The van der Waals surface area contributed by atoms with E-state index in [0.29, 0.717) is 5.56 Å². The highest BCUT2D eigenvalue weighted by atomic mass is 16.4. The highest BCUT2D eigenvalue weighted by molar-refractivity contribution is 5.88. The standard InChI is InChI=1S/C9H14N2O2/c1-3-5-8-7(9(12)13)6-10-11(8)4-2/h6H,3-5H2,1-2H3,(H,12,13). The van der Waals surface area contributed by atoms with E-state index in [1.54, 1.807) is 4.68 Å². The molecule has 4 nitrogen and oxygen atoms in total. The van der Waals surface area contributed by atoms with Gasteiger partial charge < -0.3 is 5.11 Å². The number of carboxylic acid groups (broad SMARTS) is 1. The van der Waals surface area contributed by atoms with Crippen LogP contribution in [0.2, 0.25) is 0 Å². The average Bonchev–Trinajstić information content (AvgIpc) is 2.48. The van der Waals surface area contributed by atoms with E-state index in [-0.39, 0.29) is 0 Å². The van der Waals surface area contributed by atoms with Crippen molar-refractivity contribution < 1.29 is 9.90 Å². The van der Waals surface area contributed by atoms with Gasteiger partial charge in [-0.15, -0.1) is 0 Å². The molecule has 13 heavy (non-hydrogen) atoms. The fraction of sp³-hybridized carbons (Fsp3) is 0.556. The zero-order valence-electron chi connectivity index (χ0n) is 7.95. The summed E-state index contributed by atoms with van der Waals surface area (Å²) >= 11 is 0. The van der Waals surface area contributed by atoms with Gasteiger partial charge in [-0.25, -0.2) is 4.79 Å². The third-order valence-electron chi connectivity index (χ3n) is 1.97. The molecule has 0 bridgehead atoms. The van der Waals surface area contributed by atoms with Crippen molar-refractivity contribution in [2.24, 2.45) is 0 Å². The average molecular weight is 182 g/mol. The van der Waals surface area contributed by atoms with E-state index < -0.39 is 5.97 Å². The number of aryl methyl sites for hydroxylation is 1. The van der Waals surface area contributed by atoms with E-state index in [0.717, 1.165) is 25.1 Å². The monoisotopic (exact) mass is 182 g/mol. The molecule has 0 fully saturated rings. The number of carboxylic acids is 1. The lowest BCUT2D eigenvalue weighted by Gasteiger charge is -2.03. The van der Waals surface area contributed by atoms with Crippen LogP contribution in [0.1, 0.15) is 36.3 Å². The Labute approximate surface area is 77.2 Å². The second-order valence-corrected chi connectivity index (χ2v) is 2.88. The summed E-state index contributed by atoms with van der Waals surface area (Å²) in [5.41, 5.74) is 1.17. The van der Waals surface area contributed by atoms with Crippen molar-refractivity contribution in [1.29, 1.82) is 0 Å². The van der Waals surface area contributed by atoms with Crippen molar-refractivity contribution in [3.05, 3.63) is 17.5 Å². The van der Waals surface area contributed by atoms with Crippen molar-refractivity contribution in [1.82, 2.24) is 9.78 Å². The van der Waals surface area contributed by atoms with Crippen LogP contribution < -0.4 is 0 Å². The summed E-state index contributed by atoms with van der Waals surface area (Å²) in [7, 11) is 0. The fourth-order valence-corrected chi connectivity index (χ4v) is 1.36. The maximum Gasteiger partial charge on any atom is 0.339 e. The Balaban J connectivity index is 3.06. The summed E-state index contributed by atoms with van der Waals surface area (Å²) < 4.78 is 1.74. The highest BCUT2D eigenvalue weighted by Crippen LogP contribution is 2.10. The Hall–Kier alpha value is -1.32. The van der Waals surface area contributed by atoms with Gasteiger partial charge in [0.2, 0.25) is 0 Å². The fourth-order valence-electron chi connectivity index (χ4n) is 1.36. The predicted molar refractivity (Wildman–Crippen MR) is 48.9 cm³/mol. The van der Waals surface area contributed by atoms with Gasteiger partial charge in [-0.05, 0) is 13.3 Å². The molecular formula is C9H14N2O2. The van der Waals surface area contributed by atoms with Crippen LogP contribution in [-0.2, 0) is 13.0 Å². The van der Waals surface area contributed by atoms with E-state index in [1.807, 2.05) is 13.8 Å². The zero-order chi connectivity index (χ0) is 9.84. The van der Waals surface area contributed by atoms with Crippen molar-refractivity contribution in [2.45, 2.75) is 33.2 Å². The molecule has 1 N–H and O–H groups in total. The number of aromatic nitrogens is 2. The second-order valence-electron chi connectivity index (χ2n) is 2.88. The predicted octanol–water partition coefficient (Wildman–Crippen LogP) is 1.55. The molecule has 0 aliphatic rings. The summed E-state index contributed by atoms with van der Waals surface area (Å²) in [5, 5.41) is 12.9. The minimum absolute atomic E-state index is 0.337. The molecule has 1 heterocycles. The summed E-state index contributed by atoms with van der Waals surface area (Å²) in [6.07, 6.45) is 3.14. The Morgan fingerprint density at radius 3 is 2.77 bits per heavy atom. The zero-order valence-corrected chi connectivity index (χ0v) is 7.95. The number of rotatable bonds is 4. The summed E-state index contributed by atoms with van der Waals surface area (Å²) in [6, 6.07) is 0. The number of aromatic carboxylic acids is 1. The van der Waals surface area contributed by atoms with Gasteiger partial charge in [-0.2, -0.15) is 5.10 Å². The van der Waals surface area contributed by atoms with Crippen molar-refractivity contribution in [2.75, 3.05) is 0 Å². The van der Waals surface area contributed by atoms with Crippen molar-refractivity contribution in [3.63, 3.8) is 0 Å². The first-order chi connectivity index (χ1) is 6.20. The van der Waals surface area contributed by atoms with E-state index in [2.05, 4.69) is 5.10 Å². The Kier molecular flexibility index (Phi) is 3.06. The van der Waals surface area contributed by atoms with Crippen LogP contribution in [-0.4, -0.2) is 20.9 Å². The van der Waals surface area contributed by atoms with Crippen LogP contribution in [0.25, 0.3) is 0 Å². The number of nitrogens with zero attached hydrogens (tertiary/aromatic N) is 2. The topological polar surface area (TPSA) is 55.1 Å². The summed E-state index contributed by atoms with van der Waals surface area (Å²) in [5.74, 6) is -0.886. The van der Waals surface area contributed by atoms with Gasteiger partial charge in [-0.3, -0.25) is 4.68 Å². The van der Waals surface area contributed by atoms with Crippen LogP contribution in [0, 0.1) is 0 Å². The van der Waals surface area contributed by atoms with Crippen LogP contribution in [0.4, 0.5) is 0 Å². The second kappa shape index (κ2) is 4.07. The molecule has 0 aromatic carbocycles. The summed E-state index contributed by atoms with van der Waals surface area (Å²) in [6.45, 7) is 4.71. The Morgan fingerprint density at radius 2 is 2.31 bits per heavy atom. The highest BCUT2D eigenvalue weighted by Gasteiger charge is 2.14. The third kappa shape index (κ3) is 1.88. The van der Waals surface area contributed by atoms with Gasteiger partial charge in [0.1, 0.15) is 5.56 Å². The molecule has 1 rings (SSSR count). The number of hydrogen-bond donors (Lipinski definition) is 1. The number of carbonyl (C=O) groups is 1. The van der Waals surface area contributed by atoms with Crippen molar-refractivity contribution in [3.8, 4) is 0 Å². The molecule has 0 amide bonds. The van der Waals surface area contributed by atoms with Gasteiger partial charge in [0.25, 0.3) is 0 Å². The van der Waals surface area contributed by atoms with Crippen LogP contribution in [0.15, 0.2) is 6.20 Å². The molecular weight excluding hydrogens is 168 g/mol. The maximum atomic E-state index is 10.8. The third-order valence-corrected chi connectivity index (χ3v) is 1.97. The van der Waals surface area contributed by atoms with Crippen molar-refractivity contribution >= 4 is 5.97 Å². The molecule has 72 valence electrons. The maximum absolute atomic E-state index is 10.8. The smallest absolute Gasteiger partial charge is 0.339 e. The molecule has 0 unspecified atom stereocenters. The molecule has 0 spiro atoms. The molecule has 0 saturated heterocycles. The van der Waals surface area contributed by atoms with Gasteiger partial charge >= 0.3 is 5.97 Å². The number of hydrogen-bond acceptors (Lipinski definition) is 2. The van der Waals surface area contributed by atoms with Gasteiger partial charge in [0, 0.05) is 6.54 Å². The first kappa shape index (κ1) is 9.77. The Morgan fingerprint density at radius 1 is 1.62 bits per heavy atom. The molecule has 0 aliphatic heterocycles. The van der Waals surface area contributed by atoms with E-state index in [4.69, 9.17) is 5.11 Å². The molecule has 4 heteroatoms. The molecule has 0 radical (unpaired) electrons. The molecule has 0 aliphatic carbocycles. The minimum Gasteiger partial charge on any atom is -0.478 e. The summed E-state index contributed by atoms with van der Waals surface area (Å²) in [4.78, 5) is 10.8.